The molecule has 2 aromatic heterocycles. The van der Waals surface area contributed by atoms with Crippen molar-refractivity contribution in [1.29, 1.82) is 0 Å². The number of likely N-dealkylation sites (N-methyl/N-ethyl adjacent to an activating group) is 2. The van der Waals surface area contributed by atoms with Crippen LogP contribution in [0.4, 0.5) is 5.69 Å². The fraction of sp³-hybridized carbons (Fsp3) is 0.308. The number of pyridine rings is 1. The van der Waals surface area contributed by atoms with Crippen molar-refractivity contribution < 1.29 is 18.7 Å². The number of hydrogen-bond acceptors (Lipinski definition) is 8. The minimum Gasteiger partial charge on any atom is -0.497 e. The van der Waals surface area contributed by atoms with E-state index < -0.39 is 10.3 Å². The monoisotopic (exact) mass is 520 g/mol. The first kappa shape index (κ1) is 23.2. The predicted molar refractivity (Wildman–Crippen MR) is 140 cm³/mol. The van der Waals surface area contributed by atoms with Gasteiger partial charge < -0.3 is 14.1 Å². The van der Waals surface area contributed by atoms with Gasteiger partial charge in [-0.3, -0.25) is 24.4 Å². The van der Waals surface area contributed by atoms with Gasteiger partial charge in [0, 0.05) is 43.2 Å². The Labute approximate surface area is 218 Å². The zero-order valence-corrected chi connectivity index (χ0v) is 21.6. The molecule has 36 heavy (non-hydrogen) atoms. The first-order chi connectivity index (χ1) is 17.4. The normalized spacial score (nSPS) is 27.6. The molecule has 3 aromatic rings. The number of hydrogen-bond donors (Lipinski definition) is 0. The van der Waals surface area contributed by atoms with Crippen LogP contribution in [0.25, 0.3) is 0 Å². The van der Waals surface area contributed by atoms with Crippen LogP contribution in [0, 0.1) is 0 Å². The van der Waals surface area contributed by atoms with Crippen molar-refractivity contribution in [3.8, 4) is 5.75 Å². The summed E-state index contributed by atoms with van der Waals surface area (Å²) in [6.07, 6.45) is 5.01. The van der Waals surface area contributed by atoms with Gasteiger partial charge >= 0.3 is 0 Å². The molecule has 10 heteroatoms. The molecular weight excluding hydrogens is 496 g/mol. The molecule has 184 valence electrons. The van der Waals surface area contributed by atoms with Gasteiger partial charge in [-0.15, -0.1) is 0 Å². The second-order valence-electron chi connectivity index (χ2n) is 9.25. The number of carbonyl (C=O) groups excluding carboxylic acids is 2. The highest BCUT2D eigenvalue weighted by atomic mass is 32.2. The van der Waals surface area contributed by atoms with Gasteiger partial charge in [0.1, 0.15) is 20.6 Å². The van der Waals surface area contributed by atoms with Gasteiger partial charge in [-0.1, -0.05) is 24.0 Å². The molecule has 3 aliphatic rings. The number of likely N-dealkylation sites (tertiary alicyclic amines) is 1. The first-order valence-corrected chi connectivity index (χ1v) is 12.7. The summed E-state index contributed by atoms with van der Waals surface area (Å²) in [5, 5.41) is 0. The fourth-order valence-corrected chi connectivity index (χ4v) is 8.22. The molecule has 3 atom stereocenters. The Bertz CT molecular complexity index is 1380. The van der Waals surface area contributed by atoms with Gasteiger partial charge in [0.2, 0.25) is 5.91 Å². The van der Waals surface area contributed by atoms with Crippen molar-refractivity contribution >= 4 is 45.8 Å². The van der Waals surface area contributed by atoms with E-state index in [0.29, 0.717) is 22.4 Å². The van der Waals surface area contributed by atoms with E-state index in [1.807, 2.05) is 48.3 Å². The van der Waals surface area contributed by atoms with Crippen LogP contribution in [0.5, 0.6) is 5.75 Å². The van der Waals surface area contributed by atoms with E-state index in [-0.39, 0.29) is 24.3 Å². The number of thiocarbonyl (C=S) groups is 1. The maximum absolute atomic E-state index is 14.7. The maximum atomic E-state index is 14.7. The van der Waals surface area contributed by atoms with Crippen molar-refractivity contribution in [2.45, 2.75) is 22.7 Å². The van der Waals surface area contributed by atoms with Gasteiger partial charge in [-0.25, -0.2) is 0 Å². The second kappa shape index (κ2) is 8.16. The van der Waals surface area contributed by atoms with Crippen LogP contribution >= 0.6 is 24.0 Å². The molecule has 0 bridgehead atoms. The number of carbonyl (C=O) groups is 2. The third-order valence-corrected chi connectivity index (χ3v) is 9.60. The van der Waals surface area contributed by atoms with Gasteiger partial charge in [-0.05, 0) is 55.1 Å². The number of methoxy groups -OCH3 is 1. The van der Waals surface area contributed by atoms with E-state index >= 15 is 0 Å². The van der Waals surface area contributed by atoms with E-state index in [1.165, 1.54) is 11.8 Å². The molecule has 2 amide bonds. The molecule has 2 saturated heterocycles. The molecule has 2 spiro atoms. The Hall–Kier alpha value is -3.21. The van der Waals surface area contributed by atoms with Crippen LogP contribution < -0.4 is 9.64 Å². The zero-order valence-electron chi connectivity index (χ0n) is 20.0. The molecular formula is C26H24N4O4S2. The van der Waals surface area contributed by atoms with Crippen LogP contribution in [0.2, 0.25) is 0 Å². The summed E-state index contributed by atoms with van der Waals surface area (Å²) in [4.78, 5) is 38.5. The number of nitrogens with zero attached hydrogens (tertiary/aromatic N) is 4. The molecule has 0 saturated carbocycles. The highest BCUT2D eigenvalue weighted by Crippen LogP contribution is 2.66. The quantitative estimate of drug-likeness (QED) is 0.485. The van der Waals surface area contributed by atoms with Gasteiger partial charge in [0.05, 0.1) is 19.9 Å². The standard InChI is InChI=1S/C26H24N4O4S2/c1-28-15-20(16-8-10-27-11-9-16)26(23(32)30(24(35)36-26)14-18-5-4-12-34-18)25(28)19-13-17(33-3)6-7-21(19)29(2)22(25)31/h4-13,20H,14-15H2,1-3H3/t20-,25+,26+/m0/s1. The maximum Gasteiger partial charge on any atom is 0.254 e. The lowest BCUT2D eigenvalue weighted by atomic mass is 9.72. The Morgan fingerprint density at radius 2 is 1.94 bits per heavy atom. The van der Waals surface area contributed by atoms with Gasteiger partial charge in [0.15, 0.2) is 5.54 Å². The topological polar surface area (TPSA) is 79.1 Å². The van der Waals surface area contributed by atoms with E-state index in [2.05, 4.69) is 4.98 Å². The lowest BCUT2D eigenvalue weighted by Gasteiger charge is -2.42. The van der Waals surface area contributed by atoms with Gasteiger partial charge in [-0.2, -0.15) is 0 Å². The summed E-state index contributed by atoms with van der Waals surface area (Å²) >= 11 is 7.14. The largest absolute Gasteiger partial charge is 0.497 e. The van der Waals surface area contributed by atoms with Crippen LogP contribution in [-0.4, -0.2) is 63.4 Å². The molecule has 8 nitrogen and oxygen atoms in total. The summed E-state index contributed by atoms with van der Waals surface area (Å²) in [5.41, 5.74) is 1.15. The minimum absolute atomic E-state index is 0.159. The number of amides is 2. The Balaban J connectivity index is 1.62. The molecule has 0 aliphatic carbocycles. The van der Waals surface area contributed by atoms with Crippen LogP contribution in [-0.2, 0) is 21.7 Å². The number of thioether (sulfide) groups is 1. The Kier molecular flexibility index (Phi) is 5.26. The predicted octanol–water partition coefficient (Wildman–Crippen LogP) is 3.38. The number of aromatic nitrogens is 1. The summed E-state index contributed by atoms with van der Waals surface area (Å²) in [7, 11) is 5.26. The molecule has 0 radical (unpaired) electrons. The molecule has 6 rings (SSSR count). The molecule has 0 unspecified atom stereocenters. The number of ether oxygens (including phenoxy) is 1. The summed E-state index contributed by atoms with van der Waals surface area (Å²) in [6, 6.07) is 13.0. The number of fused-ring (bicyclic) bond motifs is 3. The van der Waals surface area contributed by atoms with Crippen LogP contribution in [0.3, 0.4) is 0 Å². The summed E-state index contributed by atoms with van der Waals surface area (Å²) in [5.74, 6) is 0.571. The smallest absolute Gasteiger partial charge is 0.254 e. The Morgan fingerprint density at radius 1 is 1.17 bits per heavy atom. The van der Waals surface area contributed by atoms with Crippen molar-refractivity contribution in [1.82, 2.24) is 14.8 Å². The second-order valence-corrected chi connectivity index (χ2v) is 11.1. The third kappa shape index (κ3) is 2.80. The van der Waals surface area contributed by atoms with E-state index in [9.17, 15) is 9.59 Å². The molecule has 3 aliphatic heterocycles. The molecule has 2 fully saturated rings. The van der Waals surface area contributed by atoms with Crippen LogP contribution in [0.15, 0.2) is 65.5 Å². The minimum atomic E-state index is -1.29. The van der Waals surface area contributed by atoms with Crippen LogP contribution in [0.1, 0.15) is 22.8 Å². The van der Waals surface area contributed by atoms with Crippen molar-refractivity contribution in [3.05, 3.63) is 78.0 Å². The van der Waals surface area contributed by atoms with Crippen molar-refractivity contribution in [2.75, 3.05) is 32.6 Å². The third-order valence-electron chi connectivity index (χ3n) is 7.66. The Morgan fingerprint density at radius 3 is 2.64 bits per heavy atom. The molecule has 5 heterocycles. The van der Waals surface area contributed by atoms with Gasteiger partial charge in [0.25, 0.3) is 5.91 Å². The average Bonchev–Trinajstić information content (AvgIpc) is 3.61. The lowest BCUT2D eigenvalue weighted by Crippen LogP contribution is -2.62. The van der Waals surface area contributed by atoms with E-state index in [0.717, 1.165) is 16.8 Å². The number of rotatable bonds is 4. The number of furan rings is 1. The number of anilines is 1. The lowest BCUT2D eigenvalue weighted by molar-refractivity contribution is -0.139. The summed E-state index contributed by atoms with van der Waals surface area (Å²) in [6.45, 7) is 0.688. The zero-order chi connectivity index (χ0) is 25.2. The SMILES string of the molecule is COc1ccc2c(c1)[C@]1(C(=O)N2C)N(C)C[C@@H](c2ccncc2)[C@]12SC(=S)N(Cc1ccco1)C2=O. The van der Waals surface area contributed by atoms with Crippen molar-refractivity contribution in [2.24, 2.45) is 0 Å². The summed E-state index contributed by atoms with van der Waals surface area (Å²) < 4.78 is 10.3. The highest BCUT2D eigenvalue weighted by molar-refractivity contribution is 8.25. The molecule has 1 aromatic carbocycles. The fourth-order valence-electron chi connectivity index (χ4n) is 6.09. The number of benzene rings is 1. The van der Waals surface area contributed by atoms with Crippen molar-refractivity contribution in [3.63, 3.8) is 0 Å². The van der Waals surface area contributed by atoms with E-state index in [1.54, 1.807) is 48.7 Å². The highest BCUT2D eigenvalue weighted by Gasteiger charge is 2.78. The average molecular weight is 521 g/mol. The van der Waals surface area contributed by atoms with E-state index in [4.69, 9.17) is 21.4 Å². The molecule has 0 N–H and O–H groups in total. The first-order valence-electron chi connectivity index (χ1n) is 11.5.